The molecule has 0 radical (unpaired) electrons. The molecule has 0 saturated carbocycles. The van der Waals surface area contributed by atoms with Crippen LogP contribution in [0.5, 0.6) is 11.5 Å². The van der Waals surface area contributed by atoms with Gasteiger partial charge in [-0.25, -0.2) is 23.3 Å². The fraction of sp³-hybridized carbons (Fsp3) is 0.419. The molecule has 4 N–H and O–H groups in total. The number of nitrogens with one attached hydrogen (secondary N) is 2. The van der Waals surface area contributed by atoms with Crippen LogP contribution in [0.2, 0.25) is 0 Å². The molecule has 0 bridgehead atoms. The number of amides is 1. The molecule has 1 aliphatic rings. The van der Waals surface area contributed by atoms with Gasteiger partial charge in [0, 0.05) is 57.6 Å². The molecule has 3 heterocycles. The van der Waals surface area contributed by atoms with Crippen LogP contribution >= 0.6 is 7.82 Å². The first-order chi connectivity index (χ1) is 23.4. The monoisotopic (exact) mass is 704 g/mol. The van der Waals surface area contributed by atoms with Crippen LogP contribution in [-0.4, -0.2) is 104 Å². The van der Waals surface area contributed by atoms with Crippen LogP contribution in [0.1, 0.15) is 20.3 Å². The average molecular weight is 705 g/mol. The highest BCUT2D eigenvalue weighted by atomic mass is 31.2. The Hall–Kier alpha value is -4.25. The minimum atomic E-state index is -4.44. The Kier molecular flexibility index (Phi) is 12.1. The van der Waals surface area contributed by atoms with Crippen molar-refractivity contribution in [2.45, 2.75) is 32.9 Å². The van der Waals surface area contributed by atoms with E-state index in [4.69, 9.17) is 19.3 Å². The Morgan fingerprint density at radius 3 is 2.55 bits per heavy atom. The second kappa shape index (κ2) is 16.4. The van der Waals surface area contributed by atoms with Gasteiger partial charge in [0.1, 0.15) is 30.2 Å². The van der Waals surface area contributed by atoms with E-state index in [0.717, 1.165) is 45.2 Å². The second-order valence-electron chi connectivity index (χ2n) is 11.6. The van der Waals surface area contributed by atoms with Gasteiger partial charge >= 0.3 is 7.82 Å². The normalized spacial score (nSPS) is 14.3. The number of hydrogen-bond acceptors (Lipinski definition) is 11. The lowest BCUT2D eigenvalue weighted by Gasteiger charge is -2.34. The quantitative estimate of drug-likeness (QED) is 0.0981. The van der Waals surface area contributed by atoms with Crippen LogP contribution in [-0.2, 0) is 20.4 Å². The third-order valence-electron chi connectivity index (χ3n) is 7.48. The maximum Gasteiger partial charge on any atom is 0.469 e. The van der Waals surface area contributed by atoms with Crippen molar-refractivity contribution in [1.82, 2.24) is 29.5 Å². The predicted molar refractivity (Wildman–Crippen MR) is 177 cm³/mol. The zero-order chi connectivity index (χ0) is 35.0. The molecular formula is C31H39F2N8O7P. The summed E-state index contributed by atoms with van der Waals surface area (Å²) in [5.41, 5.74) is 0.857. The number of halogens is 2. The van der Waals surface area contributed by atoms with Crippen LogP contribution in [0.4, 0.5) is 26.0 Å². The van der Waals surface area contributed by atoms with Gasteiger partial charge in [-0.2, -0.15) is 5.10 Å². The minimum absolute atomic E-state index is 0.00973. The highest BCUT2D eigenvalue weighted by Crippen LogP contribution is 2.36. The smallest absolute Gasteiger partial charge is 0.469 e. The molecule has 18 heteroatoms. The molecule has 0 atom stereocenters. The van der Waals surface area contributed by atoms with Crippen LogP contribution < -0.4 is 20.1 Å². The molecule has 1 aliphatic heterocycles. The first kappa shape index (κ1) is 36.0. The number of aromatic nitrogens is 4. The fourth-order valence-corrected chi connectivity index (χ4v) is 5.57. The third kappa shape index (κ3) is 10.6. The number of anilines is 3. The van der Waals surface area contributed by atoms with E-state index in [0.29, 0.717) is 47.1 Å². The SMILES string of the molecule is CC(C)Oc1cc(OCCCN2CCN(CCOP(=O)(O)O)CC2)cc2ncnc(Nc3cnn(CC(=O)Nc4cccc(F)c4F)c3)c12. The first-order valence-electron chi connectivity index (χ1n) is 15.7. The van der Waals surface area contributed by atoms with E-state index in [1.54, 1.807) is 12.3 Å². The molecule has 1 fully saturated rings. The van der Waals surface area contributed by atoms with Crippen LogP contribution in [0.3, 0.4) is 0 Å². The third-order valence-corrected chi connectivity index (χ3v) is 8.00. The van der Waals surface area contributed by atoms with Crippen molar-refractivity contribution in [1.29, 1.82) is 0 Å². The van der Waals surface area contributed by atoms with Crippen molar-refractivity contribution in [3.8, 4) is 11.5 Å². The van der Waals surface area contributed by atoms with E-state index in [2.05, 4.69) is 40.0 Å². The van der Waals surface area contributed by atoms with Crippen molar-refractivity contribution in [3.05, 3.63) is 60.7 Å². The van der Waals surface area contributed by atoms with Gasteiger partial charge in [0.25, 0.3) is 0 Å². The molecule has 2 aromatic heterocycles. The lowest BCUT2D eigenvalue weighted by atomic mass is 10.2. The Balaban J connectivity index is 1.17. The van der Waals surface area contributed by atoms with Gasteiger partial charge in [-0.05, 0) is 32.4 Å². The molecule has 1 saturated heterocycles. The number of benzene rings is 2. The molecule has 2 aromatic carbocycles. The molecule has 0 spiro atoms. The van der Waals surface area contributed by atoms with E-state index >= 15 is 0 Å². The molecule has 4 aromatic rings. The lowest BCUT2D eigenvalue weighted by molar-refractivity contribution is -0.116. The summed E-state index contributed by atoms with van der Waals surface area (Å²) in [6.45, 7) is 8.60. The van der Waals surface area contributed by atoms with Crippen molar-refractivity contribution in [2.24, 2.45) is 0 Å². The number of phosphoric acid groups is 1. The van der Waals surface area contributed by atoms with Gasteiger partial charge in [0.15, 0.2) is 11.6 Å². The summed E-state index contributed by atoms with van der Waals surface area (Å²) < 4.78 is 56.4. The number of carbonyl (C=O) groups is 1. The molecule has 49 heavy (non-hydrogen) atoms. The zero-order valence-corrected chi connectivity index (χ0v) is 28.0. The molecule has 15 nitrogen and oxygen atoms in total. The predicted octanol–water partition coefficient (Wildman–Crippen LogP) is 3.77. The Labute approximate surface area is 281 Å². The fourth-order valence-electron chi connectivity index (χ4n) is 5.25. The van der Waals surface area contributed by atoms with Crippen LogP contribution in [0.15, 0.2) is 49.1 Å². The largest absolute Gasteiger partial charge is 0.493 e. The second-order valence-corrected chi connectivity index (χ2v) is 12.9. The van der Waals surface area contributed by atoms with Crippen LogP contribution in [0.25, 0.3) is 10.9 Å². The van der Waals surface area contributed by atoms with Gasteiger partial charge in [0.05, 0.1) is 47.8 Å². The van der Waals surface area contributed by atoms with Gasteiger partial charge in [-0.3, -0.25) is 18.9 Å². The van der Waals surface area contributed by atoms with Gasteiger partial charge in [-0.15, -0.1) is 0 Å². The summed E-state index contributed by atoms with van der Waals surface area (Å²) in [5.74, 6) is -1.22. The van der Waals surface area contributed by atoms with E-state index in [1.165, 1.54) is 29.3 Å². The Bertz CT molecular complexity index is 1780. The number of ether oxygens (including phenoxy) is 2. The van der Waals surface area contributed by atoms with Gasteiger partial charge in [0.2, 0.25) is 5.91 Å². The molecule has 264 valence electrons. The van der Waals surface area contributed by atoms with Gasteiger partial charge in [-0.1, -0.05) is 6.07 Å². The van der Waals surface area contributed by atoms with E-state index < -0.39 is 25.4 Å². The number of phosphoric ester groups is 1. The standard InChI is InChI=1S/C31H39F2N8O7P/c1-21(2)48-27-16-23(46-13-4-7-39-8-10-40(11-9-39)12-14-47-49(43,44)45)15-26-29(27)31(35-20-34-26)37-22-17-36-41(18-22)19-28(42)38-25-6-3-5-24(32)30(25)33/h3,5-6,15-18,20-21H,4,7-14,19H2,1-2H3,(H,38,42)(H,34,35,37)(H2,43,44,45). The first-order valence-corrected chi connectivity index (χ1v) is 17.2. The number of fused-ring (bicyclic) bond motifs is 1. The Morgan fingerprint density at radius 1 is 1.06 bits per heavy atom. The van der Waals surface area contributed by atoms with Gasteiger partial charge < -0.3 is 34.8 Å². The summed E-state index contributed by atoms with van der Waals surface area (Å²) in [6.07, 6.45) is 5.13. The summed E-state index contributed by atoms with van der Waals surface area (Å²) in [7, 11) is -4.44. The highest BCUT2D eigenvalue weighted by molar-refractivity contribution is 7.46. The molecule has 0 unspecified atom stereocenters. The number of hydrogen-bond donors (Lipinski definition) is 4. The number of rotatable bonds is 16. The van der Waals surface area contributed by atoms with E-state index in [9.17, 15) is 18.1 Å². The van der Waals surface area contributed by atoms with Crippen LogP contribution in [0, 0.1) is 11.6 Å². The maximum atomic E-state index is 13.9. The van der Waals surface area contributed by atoms with E-state index in [1.807, 2.05) is 19.9 Å². The number of piperazine rings is 1. The minimum Gasteiger partial charge on any atom is -0.493 e. The average Bonchev–Trinajstić information content (AvgIpc) is 3.47. The zero-order valence-electron chi connectivity index (χ0n) is 27.1. The number of nitrogens with zero attached hydrogens (tertiary/aromatic N) is 6. The Morgan fingerprint density at radius 2 is 1.82 bits per heavy atom. The topological polar surface area (TPSA) is 176 Å². The molecule has 1 amide bonds. The van der Waals surface area contributed by atoms with Crippen molar-refractivity contribution in [2.75, 3.05) is 63.1 Å². The summed E-state index contributed by atoms with van der Waals surface area (Å²) in [4.78, 5) is 43.4. The van der Waals surface area contributed by atoms with Crippen molar-refractivity contribution >= 4 is 41.8 Å². The number of carbonyl (C=O) groups excluding carboxylic acids is 1. The summed E-state index contributed by atoms with van der Waals surface area (Å²) >= 11 is 0. The summed E-state index contributed by atoms with van der Waals surface area (Å²) in [5, 5.41) is 10.4. The molecule has 0 aliphatic carbocycles. The van der Waals surface area contributed by atoms with Crippen molar-refractivity contribution in [3.63, 3.8) is 0 Å². The van der Waals surface area contributed by atoms with Crippen molar-refractivity contribution < 1.29 is 41.9 Å². The molecule has 5 rings (SSSR count). The van der Waals surface area contributed by atoms with E-state index in [-0.39, 0.29) is 24.9 Å². The maximum absolute atomic E-state index is 13.9. The lowest BCUT2D eigenvalue weighted by Crippen LogP contribution is -2.47. The highest BCUT2D eigenvalue weighted by Gasteiger charge is 2.20. The molecular weight excluding hydrogens is 665 g/mol. The summed E-state index contributed by atoms with van der Waals surface area (Å²) in [6, 6.07) is 7.15.